The second kappa shape index (κ2) is 9.40. The second-order valence-electron chi connectivity index (χ2n) is 7.93. The summed E-state index contributed by atoms with van der Waals surface area (Å²) in [6.45, 7) is 4.00. The number of carbonyl (C=O) groups is 2. The standard InChI is InChI=1S/C22H27N5O4/c1-15(28)26-8-10-27(11-9-26)20-18(25-22(30)16-4-2-6-23-13-16)12-19(21(20)29)31-17-5-3-7-24-14-17/h2-7,13-14,18-21,29H,8-12H2,1H3,(H,25,30)/t18-,19-,20+,21+/m1/s1. The fraction of sp³-hybridized carbons (Fsp3) is 0.455. The number of hydrogen-bond acceptors (Lipinski definition) is 7. The molecule has 1 saturated heterocycles. The SMILES string of the molecule is CC(=O)N1CCN([C@@H]2[C@@H](O)[C@H](Oc3cccnc3)C[C@H]2NC(=O)c2cccnc2)CC1. The number of amides is 2. The molecule has 1 aliphatic heterocycles. The summed E-state index contributed by atoms with van der Waals surface area (Å²) in [5, 5.41) is 14.2. The third-order valence-corrected chi connectivity index (χ3v) is 5.97. The summed E-state index contributed by atoms with van der Waals surface area (Å²) in [5.74, 6) is 0.386. The van der Waals surface area contributed by atoms with E-state index < -0.39 is 12.2 Å². The number of aromatic nitrogens is 2. The number of hydrogen-bond donors (Lipinski definition) is 2. The highest BCUT2D eigenvalue weighted by Crippen LogP contribution is 2.30. The lowest BCUT2D eigenvalue weighted by Gasteiger charge is -2.41. The Bertz CT molecular complexity index is 889. The van der Waals surface area contributed by atoms with Gasteiger partial charge in [0.15, 0.2) is 0 Å². The van der Waals surface area contributed by atoms with Crippen molar-refractivity contribution in [1.82, 2.24) is 25.1 Å². The van der Waals surface area contributed by atoms with Gasteiger partial charge in [0.25, 0.3) is 5.91 Å². The maximum Gasteiger partial charge on any atom is 0.253 e. The molecule has 2 aromatic rings. The van der Waals surface area contributed by atoms with Crippen LogP contribution in [0.4, 0.5) is 0 Å². The molecule has 9 heteroatoms. The van der Waals surface area contributed by atoms with Crippen LogP contribution in [0.25, 0.3) is 0 Å². The van der Waals surface area contributed by atoms with E-state index in [1.165, 1.54) is 6.20 Å². The first kappa shape index (κ1) is 21.2. The predicted molar refractivity (Wildman–Crippen MR) is 112 cm³/mol. The number of piperazine rings is 1. The van der Waals surface area contributed by atoms with Gasteiger partial charge in [-0.1, -0.05) is 0 Å². The molecule has 4 atom stereocenters. The Morgan fingerprint density at radius 1 is 1.10 bits per heavy atom. The van der Waals surface area contributed by atoms with Crippen molar-refractivity contribution < 1.29 is 19.4 Å². The third-order valence-electron chi connectivity index (χ3n) is 5.97. The summed E-state index contributed by atoms with van der Waals surface area (Å²) in [4.78, 5) is 36.5. The Morgan fingerprint density at radius 2 is 1.81 bits per heavy atom. The number of rotatable bonds is 5. The van der Waals surface area contributed by atoms with Crippen LogP contribution < -0.4 is 10.1 Å². The number of nitrogens with one attached hydrogen (secondary N) is 1. The summed E-state index contributed by atoms with van der Waals surface area (Å²) >= 11 is 0. The van der Waals surface area contributed by atoms with Crippen LogP contribution in [-0.2, 0) is 4.79 Å². The van der Waals surface area contributed by atoms with E-state index in [1.807, 2.05) is 0 Å². The van der Waals surface area contributed by atoms with E-state index in [4.69, 9.17) is 4.74 Å². The Balaban J connectivity index is 1.51. The van der Waals surface area contributed by atoms with E-state index in [0.717, 1.165) is 0 Å². The summed E-state index contributed by atoms with van der Waals surface area (Å²) in [6, 6.07) is 6.35. The topological polar surface area (TPSA) is 108 Å². The summed E-state index contributed by atoms with van der Waals surface area (Å²) < 4.78 is 6.02. The molecule has 31 heavy (non-hydrogen) atoms. The molecule has 2 aliphatic rings. The van der Waals surface area contributed by atoms with E-state index in [1.54, 1.807) is 54.7 Å². The predicted octanol–water partition coefficient (Wildman–Crippen LogP) is 0.320. The maximum atomic E-state index is 12.8. The molecule has 0 unspecified atom stereocenters. The van der Waals surface area contributed by atoms with Crippen LogP contribution in [0.2, 0.25) is 0 Å². The van der Waals surface area contributed by atoms with Crippen LogP contribution in [0.3, 0.4) is 0 Å². The zero-order valence-electron chi connectivity index (χ0n) is 17.4. The van der Waals surface area contributed by atoms with Crippen molar-refractivity contribution in [2.24, 2.45) is 0 Å². The maximum absolute atomic E-state index is 12.8. The number of aliphatic hydroxyl groups is 1. The molecule has 9 nitrogen and oxygen atoms in total. The van der Waals surface area contributed by atoms with Crippen molar-refractivity contribution >= 4 is 11.8 Å². The normalized spacial score (nSPS) is 26.5. The molecule has 3 heterocycles. The largest absolute Gasteiger partial charge is 0.486 e. The lowest BCUT2D eigenvalue weighted by atomic mass is 10.1. The average Bonchev–Trinajstić information content (AvgIpc) is 3.09. The fourth-order valence-electron chi connectivity index (χ4n) is 4.40. The summed E-state index contributed by atoms with van der Waals surface area (Å²) in [5.41, 5.74) is 0.466. The van der Waals surface area contributed by atoms with E-state index in [2.05, 4.69) is 20.2 Å². The zero-order valence-corrected chi connectivity index (χ0v) is 17.4. The Labute approximate surface area is 181 Å². The lowest BCUT2D eigenvalue weighted by Crippen LogP contribution is -2.59. The van der Waals surface area contributed by atoms with Crippen LogP contribution in [0, 0.1) is 0 Å². The van der Waals surface area contributed by atoms with Gasteiger partial charge in [-0.15, -0.1) is 0 Å². The molecule has 4 rings (SSSR count). The third kappa shape index (κ3) is 4.83. The Hall–Kier alpha value is -3.04. The van der Waals surface area contributed by atoms with Crippen LogP contribution in [-0.4, -0.2) is 87.2 Å². The van der Waals surface area contributed by atoms with Crippen LogP contribution in [0.15, 0.2) is 49.1 Å². The Morgan fingerprint density at radius 3 is 2.42 bits per heavy atom. The smallest absolute Gasteiger partial charge is 0.253 e. The van der Waals surface area contributed by atoms with Crippen molar-refractivity contribution in [3.63, 3.8) is 0 Å². The van der Waals surface area contributed by atoms with E-state index in [-0.39, 0.29) is 23.9 Å². The minimum absolute atomic E-state index is 0.0471. The van der Waals surface area contributed by atoms with Crippen LogP contribution in [0.5, 0.6) is 5.75 Å². The fourth-order valence-corrected chi connectivity index (χ4v) is 4.40. The lowest BCUT2D eigenvalue weighted by molar-refractivity contribution is -0.131. The molecule has 2 amide bonds. The summed E-state index contributed by atoms with van der Waals surface area (Å²) in [7, 11) is 0. The molecule has 164 valence electrons. The molecule has 2 fully saturated rings. The highest BCUT2D eigenvalue weighted by Gasteiger charge is 2.48. The quantitative estimate of drug-likeness (QED) is 0.710. The van der Waals surface area contributed by atoms with Gasteiger partial charge in [0.05, 0.1) is 23.8 Å². The molecular formula is C22H27N5O4. The number of aliphatic hydroxyl groups excluding tert-OH is 1. The van der Waals surface area contributed by atoms with Gasteiger partial charge in [0, 0.05) is 58.1 Å². The number of carbonyl (C=O) groups excluding carboxylic acids is 2. The highest BCUT2D eigenvalue weighted by molar-refractivity contribution is 5.94. The van der Waals surface area contributed by atoms with Gasteiger partial charge in [-0.05, 0) is 24.3 Å². The molecule has 0 bridgehead atoms. The van der Waals surface area contributed by atoms with Gasteiger partial charge in [0.1, 0.15) is 18.0 Å². The molecule has 0 aromatic carbocycles. The number of nitrogens with zero attached hydrogens (tertiary/aromatic N) is 4. The van der Waals surface area contributed by atoms with Crippen molar-refractivity contribution in [3.8, 4) is 5.75 Å². The van der Waals surface area contributed by atoms with E-state index in [0.29, 0.717) is 43.9 Å². The van der Waals surface area contributed by atoms with Crippen molar-refractivity contribution in [2.75, 3.05) is 26.2 Å². The highest BCUT2D eigenvalue weighted by atomic mass is 16.5. The van der Waals surface area contributed by atoms with Gasteiger partial charge in [-0.2, -0.15) is 0 Å². The first-order valence-corrected chi connectivity index (χ1v) is 10.5. The van der Waals surface area contributed by atoms with Crippen molar-refractivity contribution in [2.45, 2.75) is 37.6 Å². The van der Waals surface area contributed by atoms with Gasteiger partial charge in [-0.25, -0.2) is 0 Å². The van der Waals surface area contributed by atoms with Gasteiger partial charge < -0.3 is 20.1 Å². The van der Waals surface area contributed by atoms with Gasteiger partial charge >= 0.3 is 0 Å². The molecular weight excluding hydrogens is 398 g/mol. The molecule has 0 radical (unpaired) electrons. The molecule has 1 saturated carbocycles. The summed E-state index contributed by atoms with van der Waals surface area (Å²) in [6.07, 6.45) is 5.57. The van der Waals surface area contributed by atoms with Crippen molar-refractivity contribution in [3.05, 3.63) is 54.6 Å². The monoisotopic (exact) mass is 425 g/mol. The molecule has 2 aromatic heterocycles. The molecule has 0 spiro atoms. The number of pyridine rings is 2. The first-order valence-electron chi connectivity index (χ1n) is 10.5. The minimum atomic E-state index is -0.803. The Kier molecular flexibility index (Phi) is 6.43. The zero-order chi connectivity index (χ0) is 21.8. The van der Waals surface area contributed by atoms with E-state index >= 15 is 0 Å². The average molecular weight is 425 g/mol. The molecule has 2 N–H and O–H groups in total. The van der Waals surface area contributed by atoms with Gasteiger partial charge in [0.2, 0.25) is 5.91 Å². The van der Waals surface area contributed by atoms with Crippen LogP contribution in [0.1, 0.15) is 23.7 Å². The second-order valence-corrected chi connectivity index (χ2v) is 7.93. The first-order chi connectivity index (χ1) is 15.0. The van der Waals surface area contributed by atoms with E-state index in [9.17, 15) is 14.7 Å². The number of ether oxygens (including phenoxy) is 1. The van der Waals surface area contributed by atoms with Gasteiger partial charge in [-0.3, -0.25) is 24.5 Å². The molecule has 1 aliphatic carbocycles. The van der Waals surface area contributed by atoms with Crippen molar-refractivity contribution in [1.29, 1.82) is 0 Å². The van der Waals surface area contributed by atoms with Crippen LogP contribution >= 0.6 is 0 Å². The minimum Gasteiger partial charge on any atom is -0.486 e.